The number of likely N-dealkylation sites (N-methyl/N-ethyl adjacent to an activating group) is 1. The molecule has 130 valence electrons. The first-order valence-corrected chi connectivity index (χ1v) is 8.55. The van der Waals surface area contributed by atoms with E-state index in [1.54, 1.807) is 13.1 Å². The van der Waals surface area contributed by atoms with Gasteiger partial charge in [0.15, 0.2) is 5.96 Å². The number of aliphatic imine (C=N–C) groups is 1. The van der Waals surface area contributed by atoms with Gasteiger partial charge in [0.25, 0.3) is 0 Å². The Morgan fingerprint density at radius 2 is 2.22 bits per heavy atom. The lowest BCUT2D eigenvalue weighted by atomic mass is 10.2. The Bertz CT molecular complexity index is 527. The van der Waals surface area contributed by atoms with E-state index in [4.69, 9.17) is 0 Å². The summed E-state index contributed by atoms with van der Waals surface area (Å²) in [6, 6.07) is 5.65. The SMILES string of the molecule is CCN1CCCC1CNC(=NC)NCc1ccc(Br)cc1F.I. The van der Waals surface area contributed by atoms with Crippen LogP contribution in [0.15, 0.2) is 27.7 Å². The molecule has 1 aromatic carbocycles. The molecule has 1 unspecified atom stereocenters. The predicted octanol–water partition coefficient (Wildman–Crippen LogP) is 3.36. The molecule has 4 nitrogen and oxygen atoms in total. The molecule has 7 heteroatoms. The second-order valence-electron chi connectivity index (χ2n) is 5.47. The second kappa shape index (κ2) is 10.5. The zero-order valence-electron chi connectivity index (χ0n) is 13.6. The van der Waals surface area contributed by atoms with Crippen LogP contribution >= 0.6 is 39.9 Å². The van der Waals surface area contributed by atoms with Crippen LogP contribution in [-0.4, -0.2) is 43.6 Å². The largest absolute Gasteiger partial charge is 0.355 e. The average Bonchev–Trinajstić information content (AvgIpc) is 2.96. The van der Waals surface area contributed by atoms with Crippen molar-refractivity contribution in [2.24, 2.45) is 4.99 Å². The number of benzene rings is 1. The van der Waals surface area contributed by atoms with E-state index in [1.165, 1.54) is 25.5 Å². The third kappa shape index (κ3) is 6.19. The van der Waals surface area contributed by atoms with Crippen LogP contribution in [-0.2, 0) is 6.54 Å². The number of nitrogens with zero attached hydrogens (tertiary/aromatic N) is 2. The molecule has 0 saturated carbocycles. The number of likely N-dealkylation sites (tertiary alicyclic amines) is 1. The van der Waals surface area contributed by atoms with Crippen LogP contribution in [0.4, 0.5) is 4.39 Å². The van der Waals surface area contributed by atoms with Gasteiger partial charge in [-0.3, -0.25) is 9.89 Å². The topological polar surface area (TPSA) is 39.7 Å². The Morgan fingerprint density at radius 3 is 2.87 bits per heavy atom. The van der Waals surface area contributed by atoms with Crippen molar-refractivity contribution < 1.29 is 4.39 Å². The van der Waals surface area contributed by atoms with Gasteiger partial charge in [-0.25, -0.2) is 4.39 Å². The van der Waals surface area contributed by atoms with Crippen LogP contribution in [0.25, 0.3) is 0 Å². The fourth-order valence-corrected chi connectivity index (χ4v) is 3.15. The van der Waals surface area contributed by atoms with Gasteiger partial charge in [0, 0.05) is 36.2 Å². The number of guanidine groups is 1. The Labute approximate surface area is 163 Å². The predicted molar refractivity (Wildman–Crippen MR) is 108 cm³/mol. The lowest BCUT2D eigenvalue weighted by Gasteiger charge is -2.24. The molecule has 0 bridgehead atoms. The summed E-state index contributed by atoms with van der Waals surface area (Å²) in [5.74, 6) is 0.496. The first kappa shape index (κ1) is 20.6. The van der Waals surface area contributed by atoms with E-state index >= 15 is 0 Å². The van der Waals surface area contributed by atoms with E-state index in [2.05, 4.69) is 43.4 Å². The van der Waals surface area contributed by atoms with E-state index < -0.39 is 0 Å². The molecule has 1 atom stereocenters. The normalized spacial score (nSPS) is 18.6. The molecule has 1 fully saturated rings. The molecule has 1 aliphatic heterocycles. The van der Waals surface area contributed by atoms with Crippen LogP contribution in [0.1, 0.15) is 25.3 Å². The molecular formula is C16H25BrFIN4. The summed E-state index contributed by atoms with van der Waals surface area (Å²) in [6.07, 6.45) is 2.48. The summed E-state index contributed by atoms with van der Waals surface area (Å²) in [5.41, 5.74) is 0.627. The van der Waals surface area contributed by atoms with Crippen molar-refractivity contribution in [3.63, 3.8) is 0 Å². The number of hydrogen-bond acceptors (Lipinski definition) is 2. The average molecular weight is 499 g/mol. The first-order chi connectivity index (χ1) is 10.6. The van der Waals surface area contributed by atoms with E-state index in [0.717, 1.165) is 17.6 Å². The van der Waals surface area contributed by atoms with Crippen molar-refractivity contribution in [3.8, 4) is 0 Å². The van der Waals surface area contributed by atoms with Crippen LogP contribution in [0, 0.1) is 5.82 Å². The van der Waals surface area contributed by atoms with Gasteiger partial charge >= 0.3 is 0 Å². The molecule has 2 rings (SSSR count). The highest BCUT2D eigenvalue weighted by atomic mass is 127. The molecule has 1 heterocycles. The van der Waals surface area contributed by atoms with E-state index in [1.807, 2.05) is 6.07 Å². The van der Waals surface area contributed by atoms with Crippen molar-refractivity contribution in [3.05, 3.63) is 34.1 Å². The Balaban J connectivity index is 0.00000264. The van der Waals surface area contributed by atoms with Crippen molar-refractivity contribution in [2.75, 3.05) is 26.7 Å². The highest BCUT2D eigenvalue weighted by Gasteiger charge is 2.22. The Kier molecular flexibility index (Phi) is 9.38. The molecule has 0 spiro atoms. The summed E-state index contributed by atoms with van der Waals surface area (Å²) < 4.78 is 14.5. The summed E-state index contributed by atoms with van der Waals surface area (Å²) in [7, 11) is 1.74. The Hall–Kier alpha value is -0.410. The Morgan fingerprint density at radius 1 is 1.43 bits per heavy atom. The summed E-state index contributed by atoms with van der Waals surface area (Å²) in [5, 5.41) is 6.51. The first-order valence-electron chi connectivity index (χ1n) is 7.76. The van der Waals surface area contributed by atoms with Crippen molar-refractivity contribution in [1.82, 2.24) is 15.5 Å². The fourth-order valence-electron chi connectivity index (χ4n) is 2.82. The van der Waals surface area contributed by atoms with Gasteiger partial charge in [-0.2, -0.15) is 0 Å². The maximum atomic E-state index is 13.8. The maximum Gasteiger partial charge on any atom is 0.191 e. The van der Waals surface area contributed by atoms with Crippen LogP contribution in [0.3, 0.4) is 0 Å². The van der Waals surface area contributed by atoms with Gasteiger partial charge in [-0.05, 0) is 38.1 Å². The minimum atomic E-state index is -0.217. The van der Waals surface area contributed by atoms with Crippen LogP contribution < -0.4 is 10.6 Å². The van der Waals surface area contributed by atoms with E-state index in [9.17, 15) is 4.39 Å². The quantitative estimate of drug-likeness (QED) is 0.371. The summed E-state index contributed by atoms with van der Waals surface area (Å²) >= 11 is 3.26. The zero-order valence-corrected chi connectivity index (χ0v) is 17.5. The van der Waals surface area contributed by atoms with Crippen molar-refractivity contribution in [2.45, 2.75) is 32.4 Å². The van der Waals surface area contributed by atoms with Gasteiger partial charge in [-0.15, -0.1) is 24.0 Å². The summed E-state index contributed by atoms with van der Waals surface area (Å²) in [6.45, 7) is 5.75. The molecular weight excluding hydrogens is 474 g/mol. The number of hydrogen-bond donors (Lipinski definition) is 2. The van der Waals surface area contributed by atoms with Gasteiger partial charge < -0.3 is 10.6 Å². The van der Waals surface area contributed by atoms with Crippen LogP contribution in [0.2, 0.25) is 0 Å². The van der Waals surface area contributed by atoms with Crippen molar-refractivity contribution >= 4 is 45.9 Å². The molecule has 23 heavy (non-hydrogen) atoms. The van der Waals surface area contributed by atoms with Crippen molar-refractivity contribution in [1.29, 1.82) is 0 Å². The highest BCUT2D eigenvalue weighted by molar-refractivity contribution is 14.0. The molecule has 0 aromatic heterocycles. The third-order valence-electron chi connectivity index (χ3n) is 4.10. The lowest BCUT2D eigenvalue weighted by molar-refractivity contribution is 0.267. The minimum Gasteiger partial charge on any atom is -0.355 e. The van der Waals surface area contributed by atoms with Crippen LogP contribution in [0.5, 0.6) is 0 Å². The molecule has 0 radical (unpaired) electrons. The van der Waals surface area contributed by atoms with Gasteiger partial charge in [0.1, 0.15) is 5.82 Å². The highest BCUT2D eigenvalue weighted by Crippen LogP contribution is 2.16. The number of halogens is 3. The standard InChI is InChI=1S/C16H24BrFN4.HI/c1-3-22-8-4-5-14(22)11-21-16(19-2)20-10-12-6-7-13(17)9-15(12)18;/h6-7,9,14H,3-5,8,10-11H2,1-2H3,(H2,19,20,21);1H. The molecule has 1 aliphatic rings. The van der Waals surface area contributed by atoms with Gasteiger partial charge in [-0.1, -0.05) is 28.9 Å². The molecule has 0 aliphatic carbocycles. The lowest BCUT2D eigenvalue weighted by Crippen LogP contribution is -2.44. The smallest absolute Gasteiger partial charge is 0.191 e. The maximum absolute atomic E-state index is 13.8. The molecule has 0 amide bonds. The zero-order chi connectivity index (χ0) is 15.9. The molecule has 2 N–H and O–H groups in total. The van der Waals surface area contributed by atoms with E-state index in [0.29, 0.717) is 24.1 Å². The summed E-state index contributed by atoms with van der Waals surface area (Å²) in [4.78, 5) is 6.69. The van der Waals surface area contributed by atoms with Gasteiger partial charge in [0.2, 0.25) is 0 Å². The number of rotatable bonds is 5. The second-order valence-corrected chi connectivity index (χ2v) is 6.38. The molecule has 1 aromatic rings. The molecule has 1 saturated heterocycles. The monoisotopic (exact) mass is 498 g/mol. The number of nitrogens with one attached hydrogen (secondary N) is 2. The van der Waals surface area contributed by atoms with Gasteiger partial charge in [0.05, 0.1) is 0 Å². The fraction of sp³-hybridized carbons (Fsp3) is 0.562. The third-order valence-corrected chi connectivity index (χ3v) is 4.59. The van der Waals surface area contributed by atoms with E-state index in [-0.39, 0.29) is 29.8 Å². The minimum absolute atomic E-state index is 0.